The zero-order valence-corrected chi connectivity index (χ0v) is 11.2. The zero-order valence-electron chi connectivity index (χ0n) is 11.2. The second-order valence-corrected chi connectivity index (χ2v) is 4.48. The van der Waals surface area contributed by atoms with E-state index < -0.39 is 5.97 Å². The van der Waals surface area contributed by atoms with Crippen molar-refractivity contribution in [3.05, 3.63) is 53.6 Å². The number of carbonyl (C=O) groups is 1. The first kappa shape index (κ1) is 14.2. The second kappa shape index (κ2) is 6.80. The molecule has 1 atom stereocenters. The molecule has 0 radical (unpaired) electrons. The van der Waals surface area contributed by atoms with Gasteiger partial charge in [-0.15, -0.1) is 0 Å². The Morgan fingerprint density at radius 1 is 1.33 bits per heavy atom. The molecule has 0 bridgehead atoms. The van der Waals surface area contributed by atoms with Crippen molar-refractivity contribution < 1.29 is 9.90 Å². The van der Waals surface area contributed by atoms with Gasteiger partial charge in [0.25, 0.3) is 0 Å². The zero-order chi connectivity index (χ0) is 13.5. The third-order valence-corrected chi connectivity index (χ3v) is 3.13. The van der Waals surface area contributed by atoms with E-state index in [0.717, 1.165) is 23.6 Å². The molecule has 0 saturated carbocycles. The number of hydrogen-bond donors (Lipinski definition) is 1. The Hall–Kier alpha value is -1.83. The molecule has 0 aromatic heterocycles. The molecule has 0 spiro atoms. The lowest BCUT2D eigenvalue weighted by Gasteiger charge is -2.09. The molecule has 0 heterocycles. The summed E-state index contributed by atoms with van der Waals surface area (Å²) in [7, 11) is 0. The molecule has 0 aliphatic heterocycles. The van der Waals surface area contributed by atoms with Gasteiger partial charge in [0, 0.05) is 6.08 Å². The fraction of sp³-hybridized carbons (Fsp3) is 0.312. The van der Waals surface area contributed by atoms with E-state index in [1.807, 2.05) is 13.0 Å². The third-order valence-electron chi connectivity index (χ3n) is 3.13. The van der Waals surface area contributed by atoms with Crippen molar-refractivity contribution in [2.45, 2.75) is 33.1 Å². The van der Waals surface area contributed by atoms with E-state index in [9.17, 15) is 4.79 Å². The summed E-state index contributed by atoms with van der Waals surface area (Å²) in [5, 5.41) is 8.51. The van der Waals surface area contributed by atoms with Gasteiger partial charge in [-0.05, 0) is 36.0 Å². The van der Waals surface area contributed by atoms with E-state index in [1.165, 1.54) is 5.56 Å². The second-order valence-electron chi connectivity index (χ2n) is 4.48. The summed E-state index contributed by atoms with van der Waals surface area (Å²) in [6, 6.07) is 8.45. The van der Waals surface area contributed by atoms with Crippen LogP contribution in [0.15, 0.2) is 42.5 Å². The van der Waals surface area contributed by atoms with Crippen molar-refractivity contribution in [3.63, 3.8) is 0 Å². The maximum Gasteiger partial charge on any atom is 0.328 e. The van der Waals surface area contributed by atoms with Crippen LogP contribution in [0.4, 0.5) is 0 Å². The van der Waals surface area contributed by atoms with Gasteiger partial charge in [0.1, 0.15) is 0 Å². The van der Waals surface area contributed by atoms with Crippen molar-refractivity contribution in [3.8, 4) is 0 Å². The van der Waals surface area contributed by atoms with Gasteiger partial charge < -0.3 is 5.11 Å². The number of aliphatic carboxylic acids is 1. The molecule has 18 heavy (non-hydrogen) atoms. The molecule has 0 aliphatic rings. The molecule has 1 aromatic carbocycles. The monoisotopic (exact) mass is 244 g/mol. The van der Waals surface area contributed by atoms with Crippen LogP contribution < -0.4 is 0 Å². The number of rotatable bonds is 5. The standard InChI is InChI=1S/C16H20O2/c1-4-12(2)14-8-10-15(11-9-14)13(3)6-5-7-16(17)18/h5-12H,4H2,1-3H3,(H,17,18)/b7-5+,13-6+. The molecule has 96 valence electrons. The van der Waals surface area contributed by atoms with Gasteiger partial charge in [-0.2, -0.15) is 0 Å². The Morgan fingerprint density at radius 3 is 2.44 bits per heavy atom. The van der Waals surface area contributed by atoms with Crippen LogP contribution >= 0.6 is 0 Å². The minimum atomic E-state index is -0.925. The number of carboxylic acid groups (broad SMARTS) is 1. The first-order chi connectivity index (χ1) is 8.54. The average molecular weight is 244 g/mol. The summed E-state index contributed by atoms with van der Waals surface area (Å²) in [6.45, 7) is 6.37. The predicted molar refractivity (Wildman–Crippen MR) is 75.6 cm³/mol. The lowest BCUT2D eigenvalue weighted by atomic mass is 9.96. The van der Waals surface area contributed by atoms with Crippen LogP contribution in [-0.4, -0.2) is 11.1 Å². The Bertz CT molecular complexity index is 452. The van der Waals surface area contributed by atoms with Crippen LogP contribution in [0.1, 0.15) is 44.2 Å². The number of allylic oxidation sites excluding steroid dienone is 3. The first-order valence-corrected chi connectivity index (χ1v) is 6.22. The molecule has 1 unspecified atom stereocenters. The fourth-order valence-corrected chi connectivity index (χ4v) is 1.68. The summed E-state index contributed by atoms with van der Waals surface area (Å²) < 4.78 is 0. The molecule has 1 rings (SSSR count). The molecule has 0 fully saturated rings. The Labute approximate surface area is 109 Å². The fourth-order valence-electron chi connectivity index (χ4n) is 1.68. The maximum absolute atomic E-state index is 10.4. The van der Waals surface area contributed by atoms with E-state index in [4.69, 9.17) is 5.11 Å². The minimum absolute atomic E-state index is 0.579. The van der Waals surface area contributed by atoms with Gasteiger partial charge in [-0.3, -0.25) is 0 Å². The highest BCUT2D eigenvalue weighted by atomic mass is 16.4. The molecule has 2 heteroatoms. The third kappa shape index (κ3) is 4.21. The Kier molecular flexibility index (Phi) is 5.37. The molecule has 1 aromatic rings. The number of hydrogen-bond acceptors (Lipinski definition) is 1. The summed E-state index contributed by atoms with van der Waals surface area (Å²) in [6.07, 6.45) is 5.64. The van der Waals surface area contributed by atoms with E-state index in [1.54, 1.807) is 6.08 Å². The van der Waals surface area contributed by atoms with Gasteiger partial charge >= 0.3 is 5.97 Å². The number of benzene rings is 1. The predicted octanol–water partition coefficient (Wildman–Crippen LogP) is 4.24. The topological polar surface area (TPSA) is 37.3 Å². The SMILES string of the molecule is CCC(C)c1ccc(/C(C)=C/C=C/C(=O)O)cc1. The minimum Gasteiger partial charge on any atom is -0.478 e. The van der Waals surface area contributed by atoms with Crippen LogP contribution in [0.2, 0.25) is 0 Å². The quantitative estimate of drug-likeness (QED) is 0.621. The molecule has 0 aliphatic carbocycles. The van der Waals surface area contributed by atoms with E-state index in [2.05, 4.69) is 38.1 Å². The highest BCUT2D eigenvalue weighted by Crippen LogP contribution is 2.21. The molecular formula is C16H20O2. The van der Waals surface area contributed by atoms with Crippen LogP contribution in [0, 0.1) is 0 Å². The van der Waals surface area contributed by atoms with Gasteiger partial charge in [-0.25, -0.2) is 4.79 Å². The van der Waals surface area contributed by atoms with Crippen molar-refractivity contribution in [2.24, 2.45) is 0 Å². The molecule has 0 amide bonds. The van der Waals surface area contributed by atoms with E-state index in [-0.39, 0.29) is 0 Å². The van der Waals surface area contributed by atoms with Crippen LogP contribution in [0.25, 0.3) is 5.57 Å². The van der Waals surface area contributed by atoms with Crippen LogP contribution in [0.5, 0.6) is 0 Å². The van der Waals surface area contributed by atoms with E-state index in [0.29, 0.717) is 5.92 Å². The summed E-state index contributed by atoms with van der Waals surface area (Å²) >= 11 is 0. The van der Waals surface area contributed by atoms with Gasteiger partial charge in [0.15, 0.2) is 0 Å². The highest BCUT2D eigenvalue weighted by molar-refractivity contribution is 5.80. The lowest BCUT2D eigenvalue weighted by Crippen LogP contribution is -1.91. The van der Waals surface area contributed by atoms with Crippen molar-refractivity contribution in [1.29, 1.82) is 0 Å². The number of carboxylic acids is 1. The molecule has 0 saturated heterocycles. The van der Waals surface area contributed by atoms with Gasteiger partial charge in [-0.1, -0.05) is 50.3 Å². The Morgan fingerprint density at radius 2 is 1.94 bits per heavy atom. The lowest BCUT2D eigenvalue weighted by molar-refractivity contribution is -0.131. The van der Waals surface area contributed by atoms with E-state index >= 15 is 0 Å². The van der Waals surface area contributed by atoms with Gasteiger partial charge in [0.2, 0.25) is 0 Å². The highest BCUT2D eigenvalue weighted by Gasteiger charge is 2.02. The normalized spacial score (nSPS) is 13.8. The van der Waals surface area contributed by atoms with Crippen molar-refractivity contribution in [1.82, 2.24) is 0 Å². The molecular weight excluding hydrogens is 224 g/mol. The van der Waals surface area contributed by atoms with Crippen LogP contribution in [-0.2, 0) is 4.79 Å². The van der Waals surface area contributed by atoms with Crippen LogP contribution in [0.3, 0.4) is 0 Å². The van der Waals surface area contributed by atoms with Crippen molar-refractivity contribution in [2.75, 3.05) is 0 Å². The first-order valence-electron chi connectivity index (χ1n) is 6.22. The molecule has 1 N–H and O–H groups in total. The average Bonchev–Trinajstić information content (AvgIpc) is 2.37. The molecule has 2 nitrogen and oxygen atoms in total. The maximum atomic E-state index is 10.4. The van der Waals surface area contributed by atoms with Crippen molar-refractivity contribution >= 4 is 11.5 Å². The van der Waals surface area contributed by atoms with Gasteiger partial charge in [0.05, 0.1) is 0 Å². The smallest absolute Gasteiger partial charge is 0.328 e. The summed E-state index contributed by atoms with van der Waals surface area (Å²) in [5.74, 6) is -0.346. The summed E-state index contributed by atoms with van der Waals surface area (Å²) in [4.78, 5) is 10.4. The Balaban J connectivity index is 2.81. The summed E-state index contributed by atoms with van der Waals surface area (Å²) in [5.41, 5.74) is 3.52. The largest absolute Gasteiger partial charge is 0.478 e.